The molecule has 2 aromatic heterocycles. The van der Waals surface area contributed by atoms with Crippen LogP contribution < -0.4 is 4.74 Å². The first-order valence-corrected chi connectivity index (χ1v) is 8.37. The Labute approximate surface area is 136 Å². The molecule has 0 unspecified atom stereocenters. The fourth-order valence-electron chi connectivity index (χ4n) is 2.07. The van der Waals surface area contributed by atoms with Crippen LogP contribution in [0.25, 0.3) is 21.5 Å². The third-order valence-electron chi connectivity index (χ3n) is 3.05. The van der Waals surface area contributed by atoms with Crippen molar-refractivity contribution >= 4 is 33.3 Å². The van der Waals surface area contributed by atoms with E-state index in [0.717, 1.165) is 37.3 Å². The second-order valence-corrected chi connectivity index (χ2v) is 6.65. The van der Waals surface area contributed by atoms with E-state index in [9.17, 15) is 0 Å². The first kappa shape index (κ1) is 14.8. The molecule has 0 bridgehead atoms. The lowest BCUT2D eigenvalue weighted by Crippen LogP contribution is -1.93. The van der Waals surface area contributed by atoms with E-state index in [1.807, 2.05) is 31.2 Å². The molecule has 0 atom stereocenters. The van der Waals surface area contributed by atoms with Crippen molar-refractivity contribution in [3.8, 4) is 29.4 Å². The zero-order valence-electron chi connectivity index (χ0n) is 12.2. The lowest BCUT2D eigenvalue weighted by Gasteiger charge is -2.05. The summed E-state index contributed by atoms with van der Waals surface area (Å²) >= 11 is 3.11. The Morgan fingerprint density at radius 3 is 2.73 bits per heavy atom. The molecule has 2 heterocycles. The summed E-state index contributed by atoms with van der Waals surface area (Å²) < 4.78 is 6.23. The fraction of sp³-hybridized carbons (Fsp3) is 0.188. The predicted octanol–water partition coefficient (Wildman–Crippen LogP) is 3.80. The van der Waals surface area contributed by atoms with Crippen LogP contribution in [0.15, 0.2) is 29.3 Å². The molecule has 6 heteroatoms. The largest absolute Gasteiger partial charge is 0.497 e. The van der Waals surface area contributed by atoms with Crippen LogP contribution in [0.3, 0.4) is 0 Å². The molecule has 3 aromatic rings. The number of aryl methyl sites for hydroxylation is 1. The molecule has 0 saturated carbocycles. The molecular weight excluding hydrogens is 314 g/mol. The molecule has 3 rings (SSSR count). The zero-order chi connectivity index (χ0) is 15.5. The summed E-state index contributed by atoms with van der Waals surface area (Å²) in [6.07, 6.45) is 5.33. The SMILES string of the molecule is C#CCSc1nnc(-c2ccc(OC)cc2)c2sc(C)nc12. The van der Waals surface area contributed by atoms with Gasteiger partial charge in [0.25, 0.3) is 0 Å². The topological polar surface area (TPSA) is 47.9 Å². The van der Waals surface area contributed by atoms with Crippen LogP contribution in [0.2, 0.25) is 0 Å². The summed E-state index contributed by atoms with van der Waals surface area (Å²) in [6.45, 7) is 1.98. The minimum Gasteiger partial charge on any atom is -0.497 e. The molecule has 0 spiro atoms. The molecule has 22 heavy (non-hydrogen) atoms. The minimum absolute atomic E-state index is 0.558. The van der Waals surface area contributed by atoms with Crippen molar-refractivity contribution < 1.29 is 4.74 Å². The second-order valence-electron chi connectivity index (χ2n) is 4.49. The smallest absolute Gasteiger partial charge is 0.147 e. The number of aromatic nitrogens is 3. The van der Waals surface area contributed by atoms with Crippen LogP contribution in [0.4, 0.5) is 0 Å². The summed E-state index contributed by atoms with van der Waals surface area (Å²) in [6, 6.07) is 7.78. The molecule has 4 nitrogen and oxygen atoms in total. The van der Waals surface area contributed by atoms with Crippen molar-refractivity contribution in [3.63, 3.8) is 0 Å². The van der Waals surface area contributed by atoms with Gasteiger partial charge in [-0.05, 0) is 31.2 Å². The maximum absolute atomic E-state index is 5.33. The average Bonchev–Trinajstić information content (AvgIpc) is 2.94. The molecule has 0 aliphatic rings. The van der Waals surface area contributed by atoms with Crippen molar-refractivity contribution in [2.24, 2.45) is 0 Å². The third kappa shape index (κ3) is 2.78. The predicted molar refractivity (Wildman–Crippen MR) is 91.5 cm³/mol. The molecule has 0 radical (unpaired) electrons. The first-order valence-electron chi connectivity index (χ1n) is 6.57. The standard InChI is InChI=1S/C16H13N3OS2/c1-4-9-21-16-14-15(22-10(2)17-14)13(18-19-16)11-5-7-12(20-3)8-6-11/h1,5-8H,9H2,2-3H3. The van der Waals surface area contributed by atoms with Gasteiger partial charge in [0.15, 0.2) is 0 Å². The van der Waals surface area contributed by atoms with Gasteiger partial charge in [-0.15, -0.1) is 28.0 Å². The van der Waals surface area contributed by atoms with E-state index in [1.165, 1.54) is 11.8 Å². The van der Waals surface area contributed by atoms with Gasteiger partial charge in [0, 0.05) is 5.56 Å². The van der Waals surface area contributed by atoms with Gasteiger partial charge in [0.1, 0.15) is 22.0 Å². The Hall–Kier alpha value is -2.10. The molecular formula is C16H13N3OS2. The van der Waals surface area contributed by atoms with Crippen LogP contribution >= 0.6 is 23.1 Å². The molecule has 0 fully saturated rings. The average molecular weight is 327 g/mol. The Bertz CT molecular complexity index is 850. The van der Waals surface area contributed by atoms with E-state index in [1.54, 1.807) is 18.4 Å². The Morgan fingerprint density at radius 2 is 2.05 bits per heavy atom. The Kier molecular flexibility index (Phi) is 4.27. The van der Waals surface area contributed by atoms with E-state index in [4.69, 9.17) is 11.2 Å². The van der Waals surface area contributed by atoms with Gasteiger partial charge in [-0.2, -0.15) is 0 Å². The van der Waals surface area contributed by atoms with E-state index in [2.05, 4.69) is 21.1 Å². The van der Waals surface area contributed by atoms with Gasteiger partial charge in [-0.3, -0.25) is 0 Å². The van der Waals surface area contributed by atoms with E-state index in [0.29, 0.717) is 5.75 Å². The summed E-state index contributed by atoms with van der Waals surface area (Å²) in [5, 5.41) is 10.5. The van der Waals surface area contributed by atoms with Crippen molar-refractivity contribution in [1.82, 2.24) is 15.2 Å². The van der Waals surface area contributed by atoms with Crippen LogP contribution in [0, 0.1) is 19.3 Å². The lowest BCUT2D eigenvalue weighted by molar-refractivity contribution is 0.415. The highest BCUT2D eigenvalue weighted by atomic mass is 32.2. The number of ether oxygens (including phenoxy) is 1. The van der Waals surface area contributed by atoms with Crippen molar-refractivity contribution in [1.29, 1.82) is 0 Å². The van der Waals surface area contributed by atoms with Gasteiger partial charge >= 0.3 is 0 Å². The molecule has 0 saturated heterocycles. The monoisotopic (exact) mass is 327 g/mol. The van der Waals surface area contributed by atoms with Gasteiger partial charge in [-0.1, -0.05) is 17.7 Å². The molecule has 0 aliphatic heterocycles. The van der Waals surface area contributed by atoms with Crippen molar-refractivity contribution in [2.75, 3.05) is 12.9 Å². The van der Waals surface area contributed by atoms with Crippen LogP contribution in [-0.4, -0.2) is 28.0 Å². The minimum atomic E-state index is 0.558. The number of methoxy groups -OCH3 is 1. The van der Waals surface area contributed by atoms with Crippen molar-refractivity contribution in [2.45, 2.75) is 11.9 Å². The number of rotatable bonds is 4. The fourth-order valence-corrected chi connectivity index (χ4v) is 3.66. The number of thiazole rings is 1. The highest BCUT2D eigenvalue weighted by Gasteiger charge is 2.15. The highest BCUT2D eigenvalue weighted by molar-refractivity contribution is 7.99. The molecule has 1 aromatic carbocycles. The molecule has 0 aliphatic carbocycles. The van der Waals surface area contributed by atoms with Gasteiger partial charge in [0.05, 0.1) is 22.6 Å². The van der Waals surface area contributed by atoms with E-state index >= 15 is 0 Å². The Morgan fingerprint density at radius 1 is 1.27 bits per heavy atom. The second kappa shape index (κ2) is 6.34. The number of nitrogens with zero attached hydrogens (tertiary/aromatic N) is 3. The van der Waals surface area contributed by atoms with Crippen molar-refractivity contribution in [3.05, 3.63) is 29.3 Å². The summed E-state index contributed by atoms with van der Waals surface area (Å²) in [5.74, 6) is 3.98. The quantitative estimate of drug-likeness (QED) is 0.539. The van der Waals surface area contributed by atoms with Crippen LogP contribution in [0.1, 0.15) is 5.01 Å². The number of thioether (sulfide) groups is 1. The van der Waals surface area contributed by atoms with Crippen LogP contribution in [-0.2, 0) is 0 Å². The number of hydrogen-bond donors (Lipinski definition) is 0. The third-order valence-corrected chi connectivity index (χ3v) is 4.89. The normalized spacial score (nSPS) is 10.6. The van der Waals surface area contributed by atoms with Gasteiger partial charge in [0.2, 0.25) is 0 Å². The molecule has 0 N–H and O–H groups in total. The summed E-state index contributed by atoms with van der Waals surface area (Å²) in [5.41, 5.74) is 2.72. The Balaban J connectivity index is 2.12. The lowest BCUT2D eigenvalue weighted by atomic mass is 10.1. The molecule has 0 amide bonds. The maximum atomic E-state index is 5.33. The van der Waals surface area contributed by atoms with Gasteiger partial charge < -0.3 is 4.74 Å². The zero-order valence-corrected chi connectivity index (χ0v) is 13.8. The van der Waals surface area contributed by atoms with E-state index < -0.39 is 0 Å². The van der Waals surface area contributed by atoms with Crippen LogP contribution in [0.5, 0.6) is 5.75 Å². The molecule has 110 valence electrons. The highest BCUT2D eigenvalue weighted by Crippen LogP contribution is 2.35. The maximum Gasteiger partial charge on any atom is 0.147 e. The van der Waals surface area contributed by atoms with Gasteiger partial charge in [-0.25, -0.2) is 4.98 Å². The van der Waals surface area contributed by atoms with E-state index in [-0.39, 0.29) is 0 Å². The first-order chi connectivity index (χ1) is 10.7. The number of terminal acetylenes is 1. The number of hydrogen-bond acceptors (Lipinski definition) is 6. The summed E-state index contributed by atoms with van der Waals surface area (Å²) in [7, 11) is 1.65. The number of benzene rings is 1. The summed E-state index contributed by atoms with van der Waals surface area (Å²) in [4.78, 5) is 4.59. The number of fused-ring (bicyclic) bond motifs is 1.